The summed E-state index contributed by atoms with van der Waals surface area (Å²) in [6.45, 7) is 13.0. The maximum Gasteiger partial charge on any atom is 4.00 e. The largest absolute Gasteiger partial charge is 4.00 e. The van der Waals surface area contributed by atoms with E-state index < -0.39 is 0 Å². The van der Waals surface area contributed by atoms with Crippen molar-refractivity contribution in [2.24, 2.45) is 0 Å². The van der Waals surface area contributed by atoms with Crippen molar-refractivity contribution >= 4 is 27.2 Å². The molecule has 0 saturated carbocycles. The van der Waals surface area contributed by atoms with Crippen molar-refractivity contribution in [1.29, 1.82) is 0 Å². The van der Waals surface area contributed by atoms with Crippen molar-refractivity contribution in [2.75, 3.05) is 0 Å². The van der Waals surface area contributed by atoms with Gasteiger partial charge in [-0.25, -0.2) is 0 Å². The zero-order chi connectivity index (χ0) is 8.00. The molecule has 0 unspecified atom stereocenters. The molecule has 11 heavy (non-hydrogen) atoms. The molecule has 0 radical (unpaired) electrons. The van der Waals surface area contributed by atoms with E-state index in [0.29, 0.717) is 0 Å². The number of hydrogen-bond acceptors (Lipinski definition) is 4. The maximum atomic E-state index is 7.75. The van der Waals surface area contributed by atoms with Gasteiger partial charge in [-0.05, 0) is 0 Å². The van der Waals surface area contributed by atoms with E-state index in [0.717, 1.165) is 0 Å². The molecule has 0 aliphatic heterocycles. The average Bonchev–Trinajstić information content (AvgIpc) is 2.03. The molecule has 0 spiro atoms. The Kier molecular flexibility index (Phi) is 3590. The zero-order valence-electron chi connectivity index (χ0n) is 8.30. The van der Waals surface area contributed by atoms with E-state index in [1.165, 1.54) is 0 Å². The summed E-state index contributed by atoms with van der Waals surface area (Å²) in [5.41, 5.74) is 0. The average molecular weight is 265 g/mol. The van der Waals surface area contributed by atoms with E-state index in [4.69, 9.17) is 19.2 Å². The van der Waals surface area contributed by atoms with Crippen LogP contribution in [0.25, 0.3) is 0 Å². The molecule has 0 aromatic heterocycles. The molecule has 0 bridgehead atoms. The molecule has 0 aliphatic rings. The normalized spacial score (nSPS) is 1.45. The van der Waals surface area contributed by atoms with Crippen LogP contribution in [0, 0.1) is 0 Å². The zero-order valence-corrected chi connectivity index (χ0v) is 12.0. The Bertz CT molecular complexity index is 36.1. The maximum absolute atomic E-state index is 7.75. The second kappa shape index (κ2) is 706. The number of rotatable bonds is 0. The predicted octanol–water partition coefficient (Wildman–Crippen LogP) is -6.87. The Balaban J connectivity index is -0.00000000208. The molecule has 0 saturated heterocycles. The van der Waals surface area contributed by atoms with Gasteiger partial charge in [0.25, 0.3) is 0 Å². The van der Waals surface area contributed by atoms with Crippen LogP contribution >= 0.6 is 0 Å². The van der Waals surface area contributed by atoms with Gasteiger partial charge >= 0.3 is 78.6 Å². The monoisotopic (exact) mass is 266 g/mol. The summed E-state index contributed by atoms with van der Waals surface area (Å²) in [5, 5.41) is 0. The minimum absolute atomic E-state index is 0. The molecule has 4 nitrogen and oxygen atoms in total. The van der Waals surface area contributed by atoms with Gasteiger partial charge in [0.05, 0.1) is 0 Å². The van der Waals surface area contributed by atoms with Gasteiger partial charge in [-0.1, -0.05) is 0 Å². The quantitative estimate of drug-likeness (QED) is 0.248. The van der Waals surface area contributed by atoms with Gasteiger partial charge in [-0.2, -0.15) is 0 Å². The Hall–Kier alpha value is 1.30. The van der Waals surface area contributed by atoms with Gasteiger partial charge in [0.1, 0.15) is 0 Å². The molecule has 0 atom stereocenters. The van der Waals surface area contributed by atoms with E-state index in [2.05, 4.69) is 27.2 Å². The van der Waals surface area contributed by atoms with Gasteiger partial charge in [0.2, 0.25) is 0 Å². The second-order valence-corrected chi connectivity index (χ2v) is 0. The van der Waals surface area contributed by atoms with Crippen LogP contribution in [0.2, 0.25) is 0 Å². The van der Waals surface area contributed by atoms with E-state index in [1.807, 2.05) is 0 Å². The summed E-state index contributed by atoms with van der Waals surface area (Å²) in [4.78, 5) is 31.0. The minimum atomic E-state index is 0. The molecule has 0 aromatic carbocycles. The topological polar surface area (TPSA) is 68.3 Å². The summed E-state index contributed by atoms with van der Waals surface area (Å²) >= 11 is 0. The molecule has 0 fully saturated rings. The third-order valence-electron chi connectivity index (χ3n) is 0. The molecule has 0 N–H and O–H groups in total. The van der Waals surface area contributed by atoms with Gasteiger partial charge in [0.15, 0.2) is 0 Å². The third-order valence-corrected chi connectivity index (χ3v) is 0. The minimum Gasteiger partial charge on any atom is -1.00 e. The van der Waals surface area contributed by atoms with Gasteiger partial charge in [0, 0.05) is 0 Å². The first-order valence-corrected chi connectivity index (χ1v) is 0.943. The summed E-state index contributed by atoms with van der Waals surface area (Å²) in [6, 6.07) is 0. The van der Waals surface area contributed by atoms with Gasteiger partial charge in [-0.3, -0.25) is 27.2 Å². The van der Waals surface area contributed by atoms with Crippen LogP contribution in [-0.2, 0) is 38.7 Å². The fourth-order valence-corrected chi connectivity index (χ4v) is 0. The summed E-state index contributed by atoms with van der Waals surface area (Å²) in [5.74, 6) is 0. The van der Waals surface area contributed by atoms with E-state index in [-0.39, 0.29) is 81.4 Å². The molecule has 0 amide bonds. The van der Waals surface area contributed by atoms with Crippen molar-refractivity contribution in [1.82, 2.24) is 0 Å². The molecule has 0 aromatic rings. The molecule has 7 heteroatoms. The third kappa shape index (κ3) is 576. The van der Waals surface area contributed by atoms with Gasteiger partial charge < -0.3 is 22.0 Å². The van der Waals surface area contributed by atoms with Crippen LogP contribution in [-0.4, -0.2) is 27.2 Å². The van der Waals surface area contributed by atoms with Gasteiger partial charge in [-0.15, -0.1) is 0 Å². The van der Waals surface area contributed by atoms with Crippen LogP contribution in [0.4, 0.5) is 0 Å². The van der Waals surface area contributed by atoms with E-state index >= 15 is 0 Å². The van der Waals surface area contributed by atoms with E-state index in [1.54, 1.807) is 0 Å². The molecule has 0 rings (SSSR count). The Morgan fingerprint density at radius 1 is 0.545 bits per heavy atom. The van der Waals surface area contributed by atoms with E-state index in [9.17, 15) is 0 Å². The molecule has 56 valence electrons. The van der Waals surface area contributed by atoms with Crippen molar-refractivity contribution < 1.29 is 101 Å². The first-order valence-electron chi connectivity index (χ1n) is 0.943. The smallest absolute Gasteiger partial charge is 1.00 e. The fraction of sp³-hybridized carbons (Fsp3) is 0. The van der Waals surface area contributed by atoms with Crippen molar-refractivity contribution in [3.63, 3.8) is 0 Å². The standard InChI is InChI=1S/4CHO.2Na.Ru.2H/c4*1-2;;;;;/h4*1H;;;;;/q4*-1;2*+1;+4;2*-1. The van der Waals surface area contributed by atoms with Crippen LogP contribution in [0.15, 0.2) is 0 Å². The van der Waals surface area contributed by atoms with Crippen molar-refractivity contribution in [3.05, 3.63) is 0 Å². The van der Waals surface area contributed by atoms with Crippen LogP contribution in [0.3, 0.4) is 0 Å². The summed E-state index contributed by atoms with van der Waals surface area (Å²) in [7, 11) is 0. The Morgan fingerprint density at radius 3 is 0.545 bits per heavy atom. The molecular formula is C4H6Na2O4Ru. The summed E-state index contributed by atoms with van der Waals surface area (Å²) in [6.07, 6.45) is 0. The first kappa shape index (κ1) is 55.9. The SMILES string of the molecule is [CH-]=O.[CH-]=O.[CH-]=O.[CH-]=O.[H-].[H-].[Na+].[Na+].[Ru+4]. The Labute approximate surface area is 126 Å². The summed E-state index contributed by atoms with van der Waals surface area (Å²) < 4.78 is 0. The molecule has 0 heterocycles. The van der Waals surface area contributed by atoms with Crippen LogP contribution < -0.4 is 59.1 Å². The van der Waals surface area contributed by atoms with Crippen molar-refractivity contribution in [2.45, 2.75) is 0 Å². The van der Waals surface area contributed by atoms with Crippen molar-refractivity contribution in [3.8, 4) is 0 Å². The number of hydrogen-bond donors (Lipinski definition) is 0. The van der Waals surface area contributed by atoms with Crippen LogP contribution in [0.1, 0.15) is 2.85 Å². The second-order valence-electron chi connectivity index (χ2n) is 0. The predicted molar refractivity (Wildman–Crippen MR) is 29.2 cm³/mol. The molecular weight excluding hydrogens is 259 g/mol. The fourth-order valence-electron chi connectivity index (χ4n) is 0. The molecule has 0 aliphatic carbocycles. The number of carbonyl (C=O) groups excluding carboxylic acids is 4. The van der Waals surface area contributed by atoms with Crippen LogP contribution in [0.5, 0.6) is 0 Å². The Morgan fingerprint density at radius 2 is 0.545 bits per heavy atom. The first-order chi connectivity index (χ1) is 4.00.